The monoisotopic (exact) mass is 176 g/mol. The van der Waals surface area contributed by atoms with Gasteiger partial charge in [0.2, 0.25) is 5.92 Å². The lowest BCUT2D eigenvalue weighted by Gasteiger charge is -2.20. The molecule has 2 atom stereocenters. The Morgan fingerprint density at radius 2 is 1.92 bits per heavy atom. The van der Waals surface area contributed by atoms with Gasteiger partial charge in [0.25, 0.3) is 0 Å². The molecule has 0 radical (unpaired) electrons. The highest BCUT2D eigenvalue weighted by Gasteiger charge is 2.46. The summed E-state index contributed by atoms with van der Waals surface area (Å²) in [5, 5.41) is 0. The van der Waals surface area contributed by atoms with Crippen molar-refractivity contribution in [2.45, 2.75) is 46.0 Å². The van der Waals surface area contributed by atoms with Crippen LogP contribution in [-0.2, 0) is 0 Å². The molecule has 0 aliphatic heterocycles. The predicted octanol–water partition coefficient (Wildman–Crippen LogP) is 3.71. The second-order valence-corrected chi connectivity index (χ2v) is 4.34. The topological polar surface area (TPSA) is 0 Å². The van der Waals surface area contributed by atoms with Gasteiger partial charge in [-0.05, 0) is 17.8 Å². The third kappa shape index (κ3) is 1.96. The van der Waals surface area contributed by atoms with Gasteiger partial charge in [0.15, 0.2) is 0 Å². The lowest BCUT2D eigenvalue weighted by molar-refractivity contribution is 0.000964. The van der Waals surface area contributed by atoms with Crippen LogP contribution in [0.3, 0.4) is 0 Å². The van der Waals surface area contributed by atoms with Gasteiger partial charge in [0.1, 0.15) is 0 Å². The van der Waals surface area contributed by atoms with Crippen molar-refractivity contribution in [1.29, 1.82) is 0 Å². The van der Waals surface area contributed by atoms with Crippen LogP contribution < -0.4 is 0 Å². The van der Waals surface area contributed by atoms with Crippen molar-refractivity contribution in [3.05, 3.63) is 0 Å². The van der Waals surface area contributed by atoms with Gasteiger partial charge < -0.3 is 0 Å². The molecule has 2 unspecified atom stereocenters. The van der Waals surface area contributed by atoms with Crippen molar-refractivity contribution in [1.82, 2.24) is 0 Å². The van der Waals surface area contributed by atoms with Crippen LogP contribution in [0.5, 0.6) is 0 Å². The molecular weight excluding hydrogens is 158 g/mol. The Balaban J connectivity index is 2.63. The van der Waals surface area contributed by atoms with Crippen LogP contribution in [0.2, 0.25) is 0 Å². The van der Waals surface area contributed by atoms with Gasteiger partial charge in [-0.25, -0.2) is 8.78 Å². The van der Waals surface area contributed by atoms with Gasteiger partial charge >= 0.3 is 0 Å². The first-order chi connectivity index (χ1) is 5.46. The average molecular weight is 176 g/mol. The van der Waals surface area contributed by atoms with Crippen molar-refractivity contribution in [2.75, 3.05) is 0 Å². The molecular formula is C10H18F2. The summed E-state index contributed by atoms with van der Waals surface area (Å²) in [5.41, 5.74) is 0. The van der Waals surface area contributed by atoms with Crippen LogP contribution in [-0.4, -0.2) is 5.92 Å². The summed E-state index contributed by atoms with van der Waals surface area (Å²) in [6.07, 6.45) is 1.13. The van der Waals surface area contributed by atoms with E-state index in [9.17, 15) is 8.78 Å². The summed E-state index contributed by atoms with van der Waals surface area (Å²) < 4.78 is 26.0. The summed E-state index contributed by atoms with van der Waals surface area (Å²) in [4.78, 5) is 0. The van der Waals surface area contributed by atoms with E-state index in [-0.39, 0.29) is 24.7 Å². The molecule has 1 saturated carbocycles. The van der Waals surface area contributed by atoms with E-state index in [0.29, 0.717) is 5.92 Å². The van der Waals surface area contributed by atoms with Gasteiger partial charge in [-0.15, -0.1) is 0 Å². The third-order valence-electron chi connectivity index (χ3n) is 3.08. The maximum absolute atomic E-state index is 13.0. The number of hydrogen-bond donors (Lipinski definition) is 0. The first kappa shape index (κ1) is 9.94. The van der Waals surface area contributed by atoms with Crippen molar-refractivity contribution >= 4 is 0 Å². The standard InChI is InChI=1S/C10H18F2/c1-4-8-5-10(11,12)6-9(8)7(2)3/h7-9H,4-6H2,1-3H3. The van der Waals surface area contributed by atoms with Crippen LogP contribution in [0, 0.1) is 17.8 Å². The minimum atomic E-state index is -2.38. The highest BCUT2D eigenvalue weighted by atomic mass is 19.3. The average Bonchev–Trinajstić information content (AvgIpc) is 2.25. The highest BCUT2D eigenvalue weighted by molar-refractivity contribution is 4.88. The van der Waals surface area contributed by atoms with E-state index in [1.165, 1.54) is 0 Å². The van der Waals surface area contributed by atoms with Crippen LogP contribution in [0.1, 0.15) is 40.0 Å². The smallest absolute Gasteiger partial charge is 0.207 e. The van der Waals surface area contributed by atoms with E-state index < -0.39 is 5.92 Å². The highest BCUT2D eigenvalue weighted by Crippen LogP contribution is 2.47. The second-order valence-electron chi connectivity index (χ2n) is 4.34. The summed E-state index contributed by atoms with van der Waals surface area (Å²) >= 11 is 0. The Hall–Kier alpha value is -0.140. The Labute approximate surface area is 73.3 Å². The number of alkyl halides is 2. The summed E-state index contributed by atoms with van der Waals surface area (Å²) in [6.45, 7) is 6.12. The largest absolute Gasteiger partial charge is 0.248 e. The second kappa shape index (κ2) is 3.31. The van der Waals surface area contributed by atoms with E-state index in [2.05, 4.69) is 13.8 Å². The number of hydrogen-bond acceptors (Lipinski definition) is 0. The van der Waals surface area contributed by atoms with E-state index in [1.807, 2.05) is 6.92 Å². The van der Waals surface area contributed by atoms with Crippen molar-refractivity contribution < 1.29 is 8.78 Å². The molecule has 0 aromatic rings. The molecule has 12 heavy (non-hydrogen) atoms. The maximum Gasteiger partial charge on any atom is 0.248 e. The van der Waals surface area contributed by atoms with Gasteiger partial charge in [-0.1, -0.05) is 27.2 Å². The molecule has 1 fully saturated rings. The quantitative estimate of drug-likeness (QED) is 0.601. The lowest BCUT2D eigenvalue weighted by atomic mass is 9.85. The SMILES string of the molecule is CCC1CC(F)(F)CC1C(C)C. The normalized spacial score (nSPS) is 34.5. The van der Waals surface area contributed by atoms with E-state index in [1.54, 1.807) is 0 Å². The molecule has 1 rings (SSSR count). The van der Waals surface area contributed by atoms with Crippen LogP contribution in [0.15, 0.2) is 0 Å². The minimum Gasteiger partial charge on any atom is -0.207 e. The van der Waals surface area contributed by atoms with Crippen molar-refractivity contribution in [3.63, 3.8) is 0 Å². The molecule has 0 aromatic heterocycles. The Kier molecular flexibility index (Phi) is 2.74. The lowest BCUT2D eigenvalue weighted by Crippen LogP contribution is -2.13. The molecule has 1 aliphatic carbocycles. The van der Waals surface area contributed by atoms with Crippen molar-refractivity contribution in [2.24, 2.45) is 17.8 Å². The molecule has 0 spiro atoms. The number of rotatable bonds is 2. The van der Waals surface area contributed by atoms with E-state index >= 15 is 0 Å². The fourth-order valence-corrected chi connectivity index (χ4v) is 2.36. The van der Waals surface area contributed by atoms with Gasteiger partial charge in [0.05, 0.1) is 0 Å². The van der Waals surface area contributed by atoms with Gasteiger partial charge in [-0.3, -0.25) is 0 Å². The molecule has 1 aliphatic rings. The molecule has 0 saturated heterocycles. The molecule has 0 amide bonds. The summed E-state index contributed by atoms with van der Waals surface area (Å²) in [5.74, 6) is -1.48. The summed E-state index contributed by atoms with van der Waals surface area (Å²) in [6, 6.07) is 0. The Bertz CT molecular complexity index is 152. The third-order valence-corrected chi connectivity index (χ3v) is 3.08. The summed E-state index contributed by atoms with van der Waals surface area (Å²) in [7, 11) is 0. The zero-order valence-electron chi connectivity index (χ0n) is 8.11. The van der Waals surface area contributed by atoms with Crippen LogP contribution in [0.4, 0.5) is 8.78 Å². The number of halogens is 2. The fourth-order valence-electron chi connectivity index (χ4n) is 2.36. The molecule has 2 heteroatoms. The molecule has 0 N–H and O–H groups in total. The zero-order chi connectivity index (χ0) is 9.35. The van der Waals surface area contributed by atoms with E-state index in [4.69, 9.17) is 0 Å². The molecule has 0 nitrogen and oxygen atoms in total. The van der Waals surface area contributed by atoms with Crippen LogP contribution >= 0.6 is 0 Å². The molecule has 0 heterocycles. The fraction of sp³-hybridized carbons (Fsp3) is 1.00. The molecule has 72 valence electrons. The van der Waals surface area contributed by atoms with Crippen molar-refractivity contribution in [3.8, 4) is 0 Å². The molecule has 0 bridgehead atoms. The van der Waals surface area contributed by atoms with Gasteiger partial charge in [0, 0.05) is 12.8 Å². The Morgan fingerprint density at radius 3 is 2.25 bits per heavy atom. The first-order valence-electron chi connectivity index (χ1n) is 4.84. The van der Waals surface area contributed by atoms with Crippen LogP contribution in [0.25, 0.3) is 0 Å². The predicted molar refractivity (Wildman–Crippen MR) is 46.3 cm³/mol. The first-order valence-corrected chi connectivity index (χ1v) is 4.84. The maximum atomic E-state index is 13.0. The zero-order valence-corrected chi connectivity index (χ0v) is 8.11. The Morgan fingerprint density at radius 1 is 1.33 bits per heavy atom. The van der Waals surface area contributed by atoms with Gasteiger partial charge in [-0.2, -0.15) is 0 Å². The minimum absolute atomic E-state index is 0.114. The van der Waals surface area contributed by atoms with E-state index in [0.717, 1.165) is 6.42 Å². The molecule has 0 aromatic carbocycles.